The van der Waals surface area contributed by atoms with Gasteiger partial charge in [0.1, 0.15) is 13.2 Å². The molecule has 1 aliphatic heterocycles. The Balaban J connectivity index is 1.85. The van der Waals surface area contributed by atoms with Gasteiger partial charge >= 0.3 is 0 Å². The minimum Gasteiger partial charge on any atom is -0.486 e. The SMILES string of the molecule is CN(Cc1ccc(Cl)s1)S(=O)(=O)c1ccc2c(c1)OCCO2. The molecule has 22 heavy (non-hydrogen) atoms. The molecule has 1 aliphatic rings. The number of hydrogen-bond acceptors (Lipinski definition) is 5. The molecule has 8 heteroatoms. The number of ether oxygens (including phenoxy) is 2. The van der Waals surface area contributed by atoms with Crippen molar-refractivity contribution in [1.29, 1.82) is 0 Å². The Morgan fingerprint density at radius 3 is 2.59 bits per heavy atom. The predicted molar refractivity (Wildman–Crippen MR) is 85.4 cm³/mol. The van der Waals surface area contributed by atoms with Crippen molar-refractivity contribution in [3.63, 3.8) is 0 Å². The van der Waals surface area contributed by atoms with E-state index in [4.69, 9.17) is 21.1 Å². The van der Waals surface area contributed by atoms with Crippen LogP contribution >= 0.6 is 22.9 Å². The van der Waals surface area contributed by atoms with Crippen LogP contribution in [0.4, 0.5) is 0 Å². The van der Waals surface area contributed by atoms with Gasteiger partial charge in [0.15, 0.2) is 11.5 Å². The molecule has 0 atom stereocenters. The molecule has 5 nitrogen and oxygen atoms in total. The molecule has 1 aromatic heterocycles. The van der Waals surface area contributed by atoms with Crippen molar-refractivity contribution < 1.29 is 17.9 Å². The smallest absolute Gasteiger partial charge is 0.243 e. The van der Waals surface area contributed by atoms with E-state index in [-0.39, 0.29) is 11.4 Å². The molecule has 2 aromatic rings. The summed E-state index contributed by atoms with van der Waals surface area (Å²) in [5.74, 6) is 1.03. The molecule has 0 aliphatic carbocycles. The third-order valence-corrected chi connectivity index (χ3v) is 6.24. The molecule has 0 amide bonds. The first kappa shape index (κ1) is 15.6. The maximum absolute atomic E-state index is 12.6. The van der Waals surface area contributed by atoms with Gasteiger partial charge in [0.05, 0.1) is 9.23 Å². The van der Waals surface area contributed by atoms with Crippen molar-refractivity contribution in [3.05, 3.63) is 39.5 Å². The van der Waals surface area contributed by atoms with Crippen molar-refractivity contribution in [2.75, 3.05) is 20.3 Å². The zero-order valence-electron chi connectivity index (χ0n) is 11.8. The normalized spacial score (nSPS) is 14.3. The Labute approximate surface area is 138 Å². The second-order valence-corrected chi connectivity index (χ2v) is 8.62. The van der Waals surface area contributed by atoms with Crippen LogP contribution in [0.1, 0.15) is 4.88 Å². The number of sulfonamides is 1. The van der Waals surface area contributed by atoms with Gasteiger partial charge in [0, 0.05) is 24.5 Å². The molecule has 0 spiro atoms. The number of benzene rings is 1. The standard InChI is InChI=1S/C14H14ClNO4S2/c1-16(9-10-2-5-14(15)21-10)22(17,18)11-3-4-12-13(8-11)20-7-6-19-12/h2-5,8H,6-7,9H2,1H3. The fraction of sp³-hybridized carbons (Fsp3) is 0.286. The number of hydrogen-bond donors (Lipinski definition) is 0. The second-order valence-electron chi connectivity index (χ2n) is 4.77. The summed E-state index contributed by atoms with van der Waals surface area (Å²) in [6.07, 6.45) is 0. The third-order valence-electron chi connectivity index (χ3n) is 3.23. The van der Waals surface area contributed by atoms with E-state index in [0.717, 1.165) is 4.88 Å². The lowest BCUT2D eigenvalue weighted by Gasteiger charge is -2.21. The van der Waals surface area contributed by atoms with E-state index in [0.29, 0.717) is 29.0 Å². The molecule has 1 aromatic carbocycles. The molecule has 0 radical (unpaired) electrons. The van der Waals surface area contributed by atoms with Gasteiger partial charge in [-0.1, -0.05) is 11.6 Å². The highest BCUT2D eigenvalue weighted by Gasteiger charge is 2.24. The van der Waals surface area contributed by atoms with Gasteiger partial charge in [-0.05, 0) is 24.3 Å². The van der Waals surface area contributed by atoms with Crippen LogP contribution in [0, 0.1) is 0 Å². The van der Waals surface area contributed by atoms with Crippen LogP contribution in [0.5, 0.6) is 11.5 Å². The fourth-order valence-corrected chi connectivity index (χ4v) is 4.49. The monoisotopic (exact) mass is 359 g/mol. The maximum atomic E-state index is 12.6. The fourth-order valence-electron chi connectivity index (χ4n) is 2.11. The van der Waals surface area contributed by atoms with E-state index >= 15 is 0 Å². The summed E-state index contributed by atoms with van der Waals surface area (Å²) in [6, 6.07) is 8.23. The van der Waals surface area contributed by atoms with E-state index in [1.807, 2.05) is 6.07 Å². The minimum atomic E-state index is -3.60. The third kappa shape index (κ3) is 3.08. The van der Waals surface area contributed by atoms with Crippen LogP contribution in [0.2, 0.25) is 4.34 Å². The van der Waals surface area contributed by atoms with Crippen LogP contribution in [0.25, 0.3) is 0 Å². The average molecular weight is 360 g/mol. The maximum Gasteiger partial charge on any atom is 0.243 e. The first-order valence-electron chi connectivity index (χ1n) is 6.57. The highest BCUT2D eigenvalue weighted by molar-refractivity contribution is 7.89. The van der Waals surface area contributed by atoms with Crippen molar-refractivity contribution in [1.82, 2.24) is 4.31 Å². The van der Waals surface area contributed by atoms with Gasteiger partial charge in [-0.15, -0.1) is 11.3 Å². The summed E-state index contributed by atoms with van der Waals surface area (Å²) < 4.78 is 38.0. The van der Waals surface area contributed by atoms with Gasteiger partial charge in [-0.3, -0.25) is 0 Å². The zero-order chi connectivity index (χ0) is 15.7. The molecular formula is C14H14ClNO4S2. The summed E-state index contributed by atoms with van der Waals surface area (Å²) in [7, 11) is -2.06. The molecule has 2 heterocycles. The molecule has 0 saturated heterocycles. The van der Waals surface area contributed by atoms with Gasteiger partial charge in [-0.25, -0.2) is 8.42 Å². The van der Waals surface area contributed by atoms with Crippen LogP contribution in [-0.4, -0.2) is 33.0 Å². The number of nitrogens with zero attached hydrogens (tertiary/aromatic N) is 1. The number of fused-ring (bicyclic) bond motifs is 1. The molecule has 3 rings (SSSR count). The highest BCUT2D eigenvalue weighted by Crippen LogP contribution is 2.33. The van der Waals surface area contributed by atoms with Gasteiger partial charge in [0.25, 0.3) is 0 Å². The van der Waals surface area contributed by atoms with E-state index in [2.05, 4.69) is 0 Å². The molecule has 0 unspecified atom stereocenters. The summed E-state index contributed by atoms with van der Waals surface area (Å²) in [4.78, 5) is 1.07. The summed E-state index contributed by atoms with van der Waals surface area (Å²) in [6.45, 7) is 1.16. The lowest BCUT2D eigenvalue weighted by Crippen LogP contribution is -2.26. The van der Waals surface area contributed by atoms with Crippen molar-refractivity contribution >= 4 is 33.0 Å². The van der Waals surface area contributed by atoms with Crippen LogP contribution in [0.3, 0.4) is 0 Å². The van der Waals surface area contributed by atoms with E-state index in [1.54, 1.807) is 19.2 Å². The van der Waals surface area contributed by atoms with Crippen molar-refractivity contribution in [2.45, 2.75) is 11.4 Å². The highest BCUT2D eigenvalue weighted by atomic mass is 35.5. The van der Waals surface area contributed by atoms with E-state index in [1.165, 1.54) is 27.8 Å². The van der Waals surface area contributed by atoms with Crippen LogP contribution < -0.4 is 9.47 Å². The summed E-state index contributed by atoms with van der Waals surface area (Å²) in [5.41, 5.74) is 0. The molecular weight excluding hydrogens is 346 g/mol. The zero-order valence-corrected chi connectivity index (χ0v) is 14.2. The lowest BCUT2D eigenvalue weighted by molar-refractivity contribution is 0.171. The Bertz CT molecular complexity index is 788. The minimum absolute atomic E-state index is 0.182. The Kier molecular flexibility index (Phi) is 4.31. The largest absolute Gasteiger partial charge is 0.486 e. The van der Waals surface area contributed by atoms with E-state index in [9.17, 15) is 8.42 Å². The first-order chi connectivity index (χ1) is 10.5. The Morgan fingerprint density at radius 1 is 1.18 bits per heavy atom. The molecule has 0 fully saturated rings. The molecule has 0 bridgehead atoms. The quantitative estimate of drug-likeness (QED) is 0.842. The molecule has 0 N–H and O–H groups in total. The average Bonchev–Trinajstić information content (AvgIpc) is 2.91. The van der Waals surface area contributed by atoms with Crippen molar-refractivity contribution in [3.8, 4) is 11.5 Å². The number of thiophene rings is 1. The van der Waals surface area contributed by atoms with Crippen LogP contribution in [-0.2, 0) is 16.6 Å². The van der Waals surface area contributed by atoms with Gasteiger partial charge in [0.2, 0.25) is 10.0 Å². The summed E-state index contributed by atoms with van der Waals surface area (Å²) in [5, 5.41) is 0. The first-order valence-corrected chi connectivity index (χ1v) is 9.20. The number of rotatable bonds is 4. The van der Waals surface area contributed by atoms with Crippen molar-refractivity contribution in [2.24, 2.45) is 0 Å². The van der Waals surface area contributed by atoms with Gasteiger partial charge < -0.3 is 9.47 Å². The van der Waals surface area contributed by atoms with Gasteiger partial charge in [-0.2, -0.15) is 4.31 Å². The second kappa shape index (κ2) is 6.08. The summed E-state index contributed by atoms with van der Waals surface area (Å²) >= 11 is 7.24. The predicted octanol–water partition coefficient (Wildman–Crippen LogP) is 2.99. The van der Waals surface area contributed by atoms with Crippen LogP contribution in [0.15, 0.2) is 35.2 Å². The number of halogens is 1. The van der Waals surface area contributed by atoms with E-state index < -0.39 is 10.0 Å². The Morgan fingerprint density at radius 2 is 1.91 bits per heavy atom. The molecule has 0 saturated carbocycles. The lowest BCUT2D eigenvalue weighted by atomic mass is 10.3. The molecule has 118 valence electrons. The topological polar surface area (TPSA) is 55.8 Å². The Hall–Kier alpha value is -1.28.